The molecule has 1 aromatic heterocycles. The number of hydrogen-bond donors (Lipinski definition) is 2. The molecule has 0 bridgehead atoms. The number of benzene rings is 2. The molecular formula is C20H20FNO2. The van der Waals surface area contributed by atoms with Gasteiger partial charge in [0.1, 0.15) is 5.82 Å². The number of H-pyrrole nitrogens is 1. The van der Waals surface area contributed by atoms with E-state index < -0.39 is 5.97 Å². The van der Waals surface area contributed by atoms with Crippen LogP contribution in [0.1, 0.15) is 31.9 Å². The van der Waals surface area contributed by atoms with Gasteiger partial charge in [-0.25, -0.2) is 4.39 Å². The lowest BCUT2D eigenvalue weighted by molar-refractivity contribution is -0.136. The molecule has 0 saturated heterocycles. The molecule has 0 atom stereocenters. The van der Waals surface area contributed by atoms with E-state index in [4.69, 9.17) is 0 Å². The summed E-state index contributed by atoms with van der Waals surface area (Å²) in [4.78, 5) is 14.6. The van der Waals surface area contributed by atoms with Crippen LogP contribution in [0.3, 0.4) is 0 Å². The van der Waals surface area contributed by atoms with Crippen molar-refractivity contribution < 1.29 is 14.3 Å². The molecular weight excluding hydrogens is 305 g/mol. The first kappa shape index (κ1) is 16.2. The number of carboxylic acids is 1. The maximum absolute atomic E-state index is 14.2. The Morgan fingerprint density at radius 3 is 2.50 bits per heavy atom. The Bertz CT molecular complexity index is 919. The first-order valence-corrected chi connectivity index (χ1v) is 7.89. The van der Waals surface area contributed by atoms with Gasteiger partial charge >= 0.3 is 5.97 Å². The molecule has 1 heterocycles. The molecule has 3 rings (SSSR count). The summed E-state index contributed by atoms with van der Waals surface area (Å²) >= 11 is 0. The number of aliphatic carboxylic acids is 1. The molecule has 0 amide bonds. The van der Waals surface area contributed by atoms with Gasteiger partial charge < -0.3 is 10.1 Å². The number of fused-ring (bicyclic) bond motifs is 1. The van der Waals surface area contributed by atoms with Crippen molar-refractivity contribution in [1.29, 1.82) is 0 Å². The van der Waals surface area contributed by atoms with Gasteiger partial charge in [0.05, 0.1) is 12.1 Å². The molecule has 124 valence electrons. The van der Waals surface area contributed by atoms with E-state index in [9.17, 15) is 14.3 Å². The highest BCUT2D eigenvalue weighted by atomic mass is 19.1. The van der Waals surface area contributed by atoms with Gasteiger partial charge in [0, 0.05) is 16.5 Å². The van der Waals surface area contributed by atoms with Crippen LogP contribution in [0, 0.1) is 5.82 Å². The minimum absolute atomic E-state index is 0.0515. The molecule has 0 radical (unpaired) electrons. The van der Waals surface area contributed by atoms with E-state index in [1.807, 2.05) is 18.2 Å². The van der Waals surface area contributed by atoms with Crippen LogP contribution in [0.2, 0.25) is 0 Å². The van der Waals surface area contributed by atoms with Crippen molar-refractivity contribution in [2.75, 3.05) is 0 Å². The van der Waals surface area contributed by atoms with Gasteiger partial charge in [-0.05, 0) is 40.8 Å². The zero-order chi connectivity index (χ0) is 17.5. The third-order valence-electron chi connectivity index (χ3n) is 4.24. The van der Waals surface area contributed by atoms with Crippen LogP contribution in [0.4, 0.5) is 4.39 Å². The third kappa shape index (κ3) is 2.92. The van der Waals surface area contributed by atoms with Crippen LogP contribution in [0.5, 0.6) is 0 Å². The lowest BCUT2D eigenvalue weighted by Crippen LogP contribution is -2.10. The molecule has 0 aliphatic carbocycles. The minimum Gasteiger partial charge on any atom is -0.481 e. The Kier molecular flexibility index (Phi) is 3.91. The first-order valence-electron chi connectivity index (χ1n) is 7.89. The smallest absolute Gasteiger partial charge is 0.307 e. The molecule has 2 N–H and O–H groups in total. The molecule has 0 aliphatic heterocycles. The standard InChI is InChI=1S/C20H20FNO2/c1-20(2,3)12-8-9-17-14(10-12)15(11-18(23)24)19(22-17)13-6-4-5-7-16(13)21/h4-10,22H,11H2,1-3H3,(H,23,24). The Morgan fingerprint density at radius 1 is 1.17 bits per heavy atom. The number of carbonyl (C=O) groups is 1. The topological polar surface area (TPSA) is 53.1 Å². The van der Waals surface area contributed by atoms with E-state index in [2.05, 4.69) is 25.8 Å². The molecule has 0 saturated carbocycles. The first-order chi connectivity index (χ1) is 11.3. The van der Waals surface area contributed by atoms with Gasteiger partial charge in [-0.15, -0.1) is 0 Å². The van der Waals surface area contributed by atoms with Crippen molar-refractivity contribution in [2.45, 2.75) is 32.6 Å². The second-order valence-corrected chi connectivity index (χ2v) is 7.04. The van der Waals surface area contributed by atoms with Crippen molar-refractivity contribution in [1.82, 2.24) is 4.98 Å². The highest BCUT2D eigenvalue weighted by Crippen LogP contribution is 2.34. The van der Waals surface area contributed by atoms with Gasteiger partial charge in [0.15, 0.2) is 0 Å². The fourth-order valence-electron chi connectivity index (χ4n) is 2.94. The van der Waals surface area contributed by atoms with Crippen LogP contribution in [-0.4, -0.2) is 16.1 Å². The Balaban J connectivity index is 2.30. The lowest BCUT2D eigenvalue weighted by Gasteiger charge is -2.19. The van der Waals surface area contributed by atoms with E-state index in [0.29, 0.717) is 16.8 Å². The zero-order valence-electron chi connectivity index (χ0n) is 14.0. The highest BCUT2D eigenvalue weighted by molar-refractivity contribution is 5.94. The largest absolute Gasteiger partial charge is 0.481 e. The molecule has 2 aromatic carbocycles. The number of aromatic nitrogens is 1. The van der Waals surface area contributed by atoms with Gasteiger partial charge in [-0.3, -0.25) is 4.79 Å². The van der Waals surface area contributed by atoms with Gasteiger partial charge in [-0.2, -0.15) is 0 Å². The molecule has 0 fully saturated rings. The SMILES string of the molecule is CC(C)(C)c1ccc2[nH]c(-c3ccccc3F)c(CC(=O)O)c2c1. The normalized spacial score (nSPS) is 11.8. The molecule has 3 nitrogen and oxygen atoms in total. The summed E-state index contributed by atoms with van der Waals surface area (Å²) in [7, 11) is 0. The van der Waals surface area contributed by atoms with Crippen molar-refractivity contribution in [3.05, 3.63) is 59.4 Å². The zero-order valence-corrected chi connectivity index (χ0v) is 14.0. The Labute approximate surface area is 140 Å². The van der Waals surface area contributed by atoms with Crippen LogP contribution < -0.4 is 0 Å². The van der Waals surface area contributed by atoms with E-state index in [1.54, 1.807) is 18.2 Å². The Morgan fingerprint density at radius 2 is 1.88 bits per heavy atom. The van der Waals surface area contributed by atoms with E-state index in [-0.39, 0.29) is 17.7 Å². The summed E-state index contributed by atoms with van der Waals surface area (Å²) in [5.41, 5.74) is 3.43. The van der Waals surface area contributed by atoms with E-state index >= 15 is 0 Å². The maximum Gasteiger partial charge on any atom is 0.307 e. The number of halogens is 1. The average Bonchev–Trinajstić information content (AvgIpc) is 2.84. The number of hydrogen-bond acceptors (Lipinski definition) is 1. The molecule has 0 unspecified atom stereocenters. The number of rotatable bonds is 3. The quantitative estimate of drug-likeness (QED) is 0.719. The summed E-state index contributed by atoms with van der Waals surface area (Å²) in [6.45, 7) is 6.32. The van der Waals surface area contributed by atoms with Crippen LogP contribution >= 0.6 is 0 Å². The van der Waals surface area contributed by atoms with Gasteiger partial charge in [-0.1, -0.05) is 39.0 Å². The van der Waals surface area contributed by atoms with Crippen molar-refractivity contribution in [2.24, 2.45) is 0 Å². The summed E-state index contributed by atoms with van der Waals surface area (Å²) in [6.07, 6.45) is -0.155. The number of nitrogens with one attached hydrogen (secondary N) is 1. The second kappa shape index (κ2) is 5.78. The third-order valence-corrected chi connectivity index (χ3v) is 4.24. The number of carboxylic acid groups (broad SMARTS) is 1. The van der Waals surface area contributed by atoms with Crippen LogP contribution in [-0.2, 0) is 16.6 Å². The summed E-state index contributed by atoms with van der Waals surface area (Å²) in [5, 5.41) is 10.1. The minimum atomic E-state index is -0.936. The van der Waals surface area contributed by atoms with E-state index in [0.717, 1.165) is 16.5 Å². The predicted octanol–water partition coefficient (Wildman–Crippen LogP) is 4.90. The molecule has 0 spiro atoms. The fourth-order valence-corrected chi connectivity index (χ4v) is 2.94. The second-order valence-electron chi connectivity index (χ2n) is 7.04. The van der Waals surface area contributed by atoms with Gasteiger partial charge in [0.2, 0.25) is 0 Å². The maximum atomic E-state index is 14.2. The molecule has 24 heavy (non-hydrogen) atoms. The Hall–Kier alpha value is -2.62. The van der Waals surface area contributed by atoms with Crippen molar-refractivity contribution in [3.63, 3.8) is 0 Å². The average molecular weight is 325 g/mol. The molecule has 4 heteroatoms. The number of aromatic amines is 1. The highest BCUT2D eigenvalue weighted by Gasteiger charge is 2.20. The van der Waals surface area contributed by atoms with Crippen LogP contribution in [0.15, 0.2) is 42.5 Å². The summed E-state index contributed by atoms with van der Waals surface area (Å²) < 4.78 is 14.2. The van der Waals surface area contributed by atoms with Crippen LogP contribution in [0.25, 0.3) is 22.2 Å². The van der Waals surface area contributed by atoms with Gasteiger partial charge in [0.25, 0.3) is 0 Å². The molecule has 3 aromatic rings. The summed E-state index contributed by atoms with van der Waals surface area (Å²) in [6, 6.07) is 12.4. The van der Waals surface area contributed by atoms with Crippen molar-refractivity contribution >= 4 is 16.9 Å². The predicted molar refractivity (Wildman–Crippen MR) is 93.7 cm³/mol. The lowest BCUT2D eigenvalue weighted by atomic mass is 9.86. The summed E-state index contributed by atoms with van der Waals surface area (Å²) in [5.74, 6) is -1.30. The van der Waals surface area contributed by atoms with Crippen molar-refractivity contribution in [3.8, 4) is 11.3 Å². The fraction of sp³-hybridized carbons (Fsp3) is 0.250. The molecule has 0 aliphatic rings. The monoisotopic (exact) mass is 325 g/mol. The van der Waals surface area contributed by atoms with E-state index in [1.165, 1.54) is 6.07 Å².